The maximum absolute atomic E-state index is 12.6. The molecule has 0 aliphatic carbocycles. The molecule has 0 aliphatic rings. The molecule has 2 rings (SSSR count). The fourth-order valence-corrected chi connectivity index (χ4v) is 2.10. The zero-order valence-corrected chi connectivity index (χ0v) is 14.4. The van der Waals surface area contributed by atoms with E-state index >= 15 is 0 Å². The molecule has 1 amide bonds. The molecule has 4 N–H and O–H groups in total. The molecule has 0 atom stereocenters. The molecule has 0 aromatic heterocycles. The van der Waals surface area contributed by atoms with E-state index < -0.39 is 17.6 Å². The molecule has 26 heavy (non-hydrogen) atoms. The first-order valence-electron chi connectivity index (χ1n) is 7.62. The Morgan fingerprint density at radius 3 is 2.42 bits per heavy atom. The second-order valence-corrected chi connectivity index (χ2v) is 5.68. The highest BCUT2D eigenvalue weighted by atomic mass is 32.1. The summed E-state index contributed by atoms with van der Waals surface area (Å²) in [6, 6.07) is 14.2. The molecular weight excluding hydrogens is 365 g/mol. The first-order chi connectivity index (χ1) is 12.3. The summed E-state index contributed by atoms with van der Waals surface area (Å²) in [5, 5.41) is 5.76. The van der Waals surface area contributed by atoms with Crippen LogP contribution in [0.3, 0.4) is 0 Å². The Morgan fingerprint density at radius 1 is 1.00 bits per heavy atom. The second-order valence-electron chi connectivity index (χ2n) is 5.27. The number of hydrogen-bond donors (Lipinski definition) is 4. The highest BCUT2D eigenvalue weighted by molar-refractivity contribution is 7.80. The van der Waals surface area contributed by atoms with Gasteiger partial charge in [0, 0.05) is 12.2 Å². The topological polar surface area (TPSA) is 65.2 Å². The molecule has 0 saturated heterocycles. The average molecular weight is 382 g/mol. The Morgan fingerprint density at radius 2 is 1.73 bits per heavy atom. The summed E-state index contributed by atoms with van der Waals surface area (Å²) in [5.41, 5.74) is 5.31. The zero-order valence-electron chi connectivity index (χ0n) is 13.6. The Labute approximate surface area is 153 Å². The number of amides is 1. The van der Waals surface area contributed by atoms with E-state index in [0.29, 0.717) is 6.54 Å². The van der Waals surface area contributed by atoms with Crippen LogP contribution in [-0.2, 0) is 17.5 Å². The van der Waals surface area contributed by atoms with Crippen molar-refractivity contribution in [1.29, 1.82) is 0 Å². The monoisotopic (exact) mass is 382 g/mol. The Balaban J connectivity index is 1.71. The van der Waals surface area contributed by atoms with Crippen LogP contribution in [0.5, 0.6) is 0 Å². The van der Waals surface area contributed by atoms with Crippen molar-refractivity contribution in [1.82, 2.24) is 16.2 Å². The van der Waals surface area contributed by atoms with Crippen molar-refractivity contribution in [3.8, 4) is 0 Å². The van der Waals surface area contributed by atoms with Crippen molar-refractivity contribution < 1.29 is 18.0 Å². The smallest absolute Gasteiger partial charge is 0.376 e. The third-order valence-electron chi connectivity index (χ3n) is 3.25. The molecule has 0 aliphatic heterocycles. The van der Waals surface area contributed by atoms with Crippen molar-refractivity contribution in [3.63, 3.8) is 0 Å². The van der Waals surface area contributed by atoms with E-state index in [1.807, 2.05) is 30.3 Å². The van der Waals surface area contributed by atoms with Crippen molar-refractivity contribution in [2.45, 2.75) is 12.7 Å². The largest absolute Gasteiger partial charge is 0.416 e. The van der Waals surface area contributed by atoms with Gasteiger partial charge in [0.05, 0.1) is 12.1 Å². The maximum Gasteiger partial charge on any atom is 0.416 e. The number of thiocarbonyl (C=S) groups is 1. The number of hydrazine groups is 1. The van der Waals surface area contributed by atoms with Crippen molar-refractivity contribution in [2.75, 3.05) is 11.9 Å². The van der Waals surface area contributed by atoms with Crippen LogP contribution in [0.1, 0.15) is 11.1 Å². The lowest BCUT2D eigenvalue weighted by atomic mass is 10.2. The fourth-order valence-electron chi connectivity index (χ4n) is 1.98. The molecule has 0 saturated carbocycles. The van der Waals surface area contributed by atoms with Gasteiger partial charge in [0.15, 0.2) is 5.11 Å². The third-order valence-corrected chi connectivity index (χ3v) is 3.50. The highest BCUT2D eigenvalue weighted by Crippen LogP contribution is 2.30. The van der Waals surface area contributed by atoms with Crippen LogP contribution in [0.15, 0.2) is 54.6 Å². The van der Waals surface area contributed by atoms with Gasteiger partial charge in [-0.1, -0.05) is 36.4 Å². The summed E-state index contributed by atoms with van der Waals surface area (Å²) < 4.78 is 37.9. The van der Waals surface area contributed by atoms with E-state index in [0.717, 1.165) is 17.7 Å². The minimum Gasteiger partial charge on any atom is -0.376 e. The number of carbonyl (C=O) groups excluding carboxylic acids is 1. The summed E-state index contributed by atoms with van der Waals surface area (Å²) >= 11 is 5.02. The van der Waals surface area contributed by atoms with Crippen LogP contribution in [-0.4, -0.2) is 17.6 Å². The molecule has 0 fully saturated rings. The van der Waals surface area contributed by atoms with E-state index in [-0.39, 0.29) is 17.3 Å². The number of halogens is 3. The molecule has 0 unspecified atom stereocenters. The molecular formula is C17H17F3N4OS. The van der Waals surface area contributed by atoms with Crippen LogP contribution in [0.4, 0.5) is 18.9 Å². The van der Waals surface area contributed by atoms with Gasteiger partial charge < -0.3 is 10.6 Å². The van der Waals surface area contributed by atoms with Gasteiger partial charge in [0.25, 0.3) is 5.91 Å². The van der Waals surface area contributed by atoms with Gasteiger partial charge in [0.2, 0.25) is 0 Å². The summed E-state index contributed by atoms with van der Waals surface area (Å²) in [6.07, 6.45) is -4.43. The number of hydrogen-bond acceptors (Lipinski definition) is 3. The van der Waals surface area contributed by atoms with Gasteiger partial charge in [-0.2, -0.15) is 13.2 Å². The number of alkyl halides is 3. The number of carbonyl (C=O) groups is 1. The molecule has 0 radical (unpaired) electrons. The molecule has 2 aromatic rings. The fraction of sp³-hybridized carbons (Fsp3) is 0.176. The van der Waals surface area contributed by atoms with Crippen molar-refractivity contribution in [3.05, 3.63) is 65.7 Å². The van der Waals surface area contributed by atoms with Gasteiger partial charge in [-0.05, 0) is 36.0 Å². The van der Waals surface area contributed by atoms with E-state index in [1.54, 1.807) is 0 Å². The van der Waals surface area contributed by atoms with E-state index in [2.05, 4.69) is 21.5 Å². The predicted octanol–water partition coefficient (Wildman–Crippen LogP) is 2.81. The van der Waals surface area contributed by atoms with E-state index in [9.17, 15) is 18.0 Å². The average Bonchev–Trinajstić information content (AvgIpc) is 2.63. The van der Waals surface area contributed by atoms with Crippen LogP contribution >= 0.6 is 12.2 Å². The SMILES string of the molecule is O=C(CNc1cccc(C(F)(F)F)c1)NNC(=S)NCc1ccccc1. The van der Waals surface area contributed by atoms with E-state index in [1.165, 1.54) is 12.1 Å². The minimum atomic E-state index is -4.43. The molecule has 0 heterocycles. The van der Waals surface area contributed by atoms with Gasteiger partial charge in [-0.25, -0.2) is 0 Å². The lowest BCUT2D eigenvalue weighted by Gasteiger charge is -2.13. The number of anilines is 1. The lowest BCUT2D eigenvalue weighted by molar-refractivity contribution is -0.137. The molecule has 9 heteroatoms. The highest BCUT2D eigenvalue weighted by Gasteiger charge is 2.30. The summed E-state index contributed by atoms with van der Waals surface area (Å²) in [6.45, 7) is 0.278. The molecule has 0 bridgehead atoms. The quantitative estimate of drug-likeness (QED) is 0.473. The zero-order chi connectivity index (χ0) is 19.0. The van der Waals surface area contributed by atoms with Crippen LogP contribution in [0.25, 0.3) is 0 Å². The molecule has 138 valence electrons. The summed E-state index contributed by atoms with van der Waals surface area (Å²) in [4.78, 5) is 11.7. The Hall–Kier alpha value is -2.81. The summed E-state index contributed by atoms with van der Waals surface area (Å²) in [5.74, 6) is -0.480. The first-order valence-corrected chi connectivity index (χ1v) is 8.03. The second kappa shape index (κ2) is 9.04. The Kier molecular flexibility index (Phi) is 6.79. The number of benzene rings is 2. The summed E-state index contributed by atoms with van der Waals surface area (Å²) in [7, 11) is 0. The van der Waals surface area contributed by atoms with Gasteiger partial charge in [0.1, 0.15) is 0 Å². The normalized spacial score (nSPS) is 10.7. The predicted molar refractivity (Wildman–Crippen MR) is 97.1 cm³/mol. The number of rotatable bonds is 5. The maximum atomic E-state index is 12.6. The van der Waals surface area contributed by atoms with Gasteiger partial charge in [-0.3, -0.25) is 15.6 Å². The minimum absolute atomic E-state index is 0.194. The Bertz CT molecular complexity index is 753. The lowest BCUT2D eigenvalue weighted by Crippen LogP contribution is -2.48. The molecule has 5 nitrogen and oxygen atoms in total. The molecule has 2 aromatic carbocycles. The van der Waals surface area contributed by atoms with Crippen molar-refractivity contribution >= 4 is 28.9 Å². The van der Waals surface area contributed by atoms with Gasteiger partial charge in [-0.15, -0.1) is 0 Å². The van der Waals surface area contributed by atoms with Crippen LogP contribution < -0.4 is 21.5 Å². The van der Waals surface area contributed by atoms with Gasteiger partial charge >= 0.3 is 6.18 Å². The molecule has 0 spiro atoms. The van der Waals surface area contributed by atoms with E-state index in [4.69, 9.17) is 12.2 Å². The first kappa shape index (κ1) is 19.5. The van der Waals surface area contributed by atoms with Crippen LogP contribution in [0, 0.1) is 0 Å². The van der Waals surface area contributed by atoms with Crippen LogP contribution in [0.2, 0.25) is 0 Å². The van der Waals surface area contributed by atoms with Crippen molar-refractivity contribution in [2.24, 2.45) is 0 Å². The standard InChI is InChI=1S/C17H17F3N4OS/c18-17(19,20)13-7-4-8-14(9-13)21-11-15(25)23-24-16(26)22-10-12-5-2-1-3-6-12/h1-9,21H,10-11H2,(H,23,25)(H2,22,24,26). The third kappa shape index (κ3) is 6.60. The number of nitrogens with one attached hydrogen (secondary N) is 4.